The van der Waals surface area contributed by atoms with Crippen molar-refractivity contribution in [3.63, 3.8) is 0 Å². The van der Waals surface area contributed by atoms with Crippen LogP contribution in [0.5, 0.6) is 0 Å². The van der Waals surface area contributed by atoms with Crippen molar-refractivity contribution < 1.29 is 9.53 Å². The van der Waals surface area contributed by atoms with E-state index >= 15 is 0 Å². The average molecular weight is 212 g/mol. The summed E-state index contributed by atoms with van der Waals surface area (Å²) >= 11 is 0. The van der Waals surface area contributed by atoms with E-state index < -0.39 is 0 Å². The van der Waals surface area contributed by atoms with Crippen molar-refractivity contribution in [2.75, 3.05) is 32.8 Å². The van der Waals surface area contributed by atoms with Crippen molar-refractivity contribution in [3.8, 4) is 0 Å². The number of piperidine rings is 1. The molecule has 4 heteroatoms. The molecule has 2 saturated heterocycles. The van der Waals surface area contributed by atoms with Gasteiger partial charge in [-0.2, -0.15) is 0 Å². The van der Waals surface area contributed by atoms with E-state index in [9.17, 15) is 4.79 Å². The maximum absolute atomic E-state index is 12.1. The minimum Gasteiger partial charge on any atom is -0.375 e. The van der Waals surface area contributed by atoms with Gasteiger partial charge in [-0.1, -0.05) is 0 Å². The van der Waals surface area contributed by atoms with Gasteiger partial charge in [0.15, 0.2) is 0 Å². The van der Waals surface area contributed by atoms with E-state index in [-0.39, 0.29) is 12.0 Å². The second kappa shape index (κ2) is 4.94. The van der Waals surface area contributed by atoms with Gasteiger partial charge >= 0.3 is 0 Å². The van der Waals surface area contributed by atoms with Gasteiger partial charge in [0, 0.05) is 19.6 Å². The Bertz CT molecular complexity index is 227. The first-order valence-electron chi connectivity index (χ1n) is 5.88. The van der Waals surface area contributed by atoms with Crippen molar-refractivity contribution >= 4 is 5.91 Å². The van der Waals surface area contributed by atoms with Crippen LogP contribution in [0, 0.1) is 5.92 Å². The Balaban J connectivity index is 1.88. The maximum Gasteiger partial charge on any atom is 0.227 e. The van der Waals surface area contributed by atoms with Crippen LogP contribution < -0.4 is 5.32 Å². The smallest absolute Gasteiger partial charge is 0.227 e. The third kappa shape index (κ3) is 2.69. The molecule has 0 bridgehead atoms. The normalized spacial score (nSPS) is 32.7. The number of carbonyl (C=O) groups excluding carboxylic acids is 1. The van der Waals surface area contributed by atoms with E-state index in [1.54, 1.807) is 0 Å². The highest BCUT2D eigenvalue weighted by Crippen LogP contribution is 2.15. The average Bonchev–Trinajstić information content (AvgIpc) is 2.29. The Labute approximate surface area is 91.0 Å². The second-order valence-corrected chi connectivity index (χ2v) is 4.51. The quantitative estimate of drug-likeness (QED) is 0.676. The molecule has 2 aliphatic heterocycles. The Hall–Kier alpha value is -0.610. The lowest BCUT2D eigenvalue weighted by atomic mass is 9.98. The molecular formula is C11H20N2O2. The van der Waals surface area contributed by atoms with Gasteiger partial charge in [-0.15, -0.1) is 0 Å². The summed E-state index contributed by atoms with van der Waals surface area (Å²) in [5, 5.41) is 3.29. The lowest BCUT2D eigenvalue weighted by Gasteiger charge is -2.34. The third-order valence-electron chi connectivity index (χ3n) is 3.20. The van der Waals surface area contributed by atoms with Crippen LogP contribution in [0.15, 0.2) is 0 Å². The Morgan fingerprint density at radius 3 is 3.07 bits per heavy atom. The highest BCUT2D eigenvalue weighted by molar-refractivity contribution is 5.79. The fourth-order valence-corrected chi connectivity index (χ4v) is 2.34. The lowest BCUT2D eigenvalue weighted by molar-refractivity contribution is -0.143. The van der Waals surface area contributed by atoms with E-state index in [4.69, 9.17) is 4.74 Å². The van der Waals surface area contributed by atoms with Gasteiger partial charge in [-0.25, -0.2) is 0 Å². The summed E-state index contributed by atoms with van der Waals surface area (Å²) in [5.41, 5.74) is 0. The fraction of sp³-hybridized carbons (Fsp3) is 0.909. The second-order valence-electron chi connectivity index (χ2n) is 4.51. The summed E-state index contributed by atoms with van der Waals surface area (Å²) in [6, 6.07) is 0. The highest BCUT2D eigenvalue weighted by atomic mass is 16.5. The number of ether oxygens (including phenoxy) is 1. The predicted molar refractivity (Wildman–Crippen MR) is 57.6 cm³/mol. The zero-order valence-electron chi connectivity index (χ0n) is 9.37. The fourth-order valence-electron chi connectivity index (χ4n) is 2.34. The molecule has 1 unspecified atom stereocenters. The number of morpholine rings is 1. The van der Waals surface area contributed by atoms with Crippen molar-refractivity contribution in [1.29, 1.82) is 0 Å². The monoisotopic (exact) mass is 212 g/mol. The van der Waals surface area contributed by atoms with E-state index in [0.29, 0.717) is 12.5 Å². The molecule has 1 N–H and O–H groups in total. The van der Waals surface area contributed by atoms with Crippen molar-refractivity contribution in [2.24, 2.45) is 5.92 Å². The lowest BCUT2D eigenvalue weighted by Crippen LogP contribution is -2.49. The van der Waals surface area contributed by atoms with Crippen LogP contribution in [0.4, 0.5) is 0 Å². The number of amides is 1. The molecule has 0 saturated carbocycles. The largest absolute Gasteiger partial charge is 0.375 e. The van der Waals surface area contributed by atoms with Crippen LogP contribution in [0.3, 0.4) is 0 Å². The first kappa shape index (κ1) is 10.9. The summed E-state index contributed by atoms with van der Waals surface area (Å²) in [6.07, 6.45) is 2.35. The minimum atomic E-state index is 0.194. The number of rotatable bonds is 1. The molecule has 2 rings (SSSR count). The number of nitrogens with one attached hydrogen (secondary N) is 1. The topological polar surface area (TPSA) is 41.6 Å². The molecule has 4 nitrogen and oxygen atoms in total. The highest BCUT2D eigenvalue weighted by Gasteiger charge is 2.28. The zero-order valence-corrected chi connectivity index (χ0v) is 9.37. The molecule has 0 radical (unpaired) electrons. The van der Waals surface area contributed by atoms with E-state index in [1.807, 2.05) is 11.8 Å². The van der Waals surface area contributed by atoms with E-state index in [0.717, 1.165) is 39.0 Å². The molecule has 0 aromatic rings. The van der Waals surface area contributed by atoms with Gasteiger partial charge in [0.1, 0.15) is 0 Å². The first-order chi connectivity index (χ1) is 7.27. The Morgan fingerprint density at radius 1 is 1.53 bits per heavy atom. The summed E-state index contributed by atoms with van der Waals surface area (Å²) in [5.74, 6) is 0.515. The standard InChI is InChI=1S/C11H20N2O2/c1-9-8-13(5-6-15-9)11(14)10-3-2-4-12-7-10/h9-10,12H,2-8H2,1H3/t9?,10-/m0/s1. The van der Waals surface area contributed by atoms with E-state index in [2.05, 4.69) is 5.32 Å². The van der Waals surface area contributed by atoms with Crippen LogP contribution in [0.25, 0.3) is 0 Å². The molecule has 2 atom stereocenters. The minimum absolute atomic E-state index is 0.194. The van der Waals surface area contributed by atoms with Crippen molar-refractivity contribution in [1.82, 2.24) is 10.2 Å². The van der Waals surface area contributed by atoms with Crippen LogP contribution >= 0.6 is 0 Å². The molecule has 2 fully saturated rings. The van der Waals surface area contributed by atoms with Crippen molar-refractivity contribution in [3.05, 3.63) is 0 Å². The molecule has 0 aromatic heterocycles. The molecule has 0 spiro atoms. The first-order valence-corrected chi connectivity index (χ1v) is 5.88. The van der Waals surface area contributed by atoms with Crippen molar-refractivity contribution in [2.45, 2.75) is 25.9 Å². The molecule has 0 aromatic carbocycles. The van der Waals surface area contributed by atoms with Crippen LogP contribution in [0.1, 0.15) is 19.8 Å². The molecule has 1 amide bonds. The maximum atomic E-state index is 12.1. The van der Waals surface area contributed by atoms with Gasteiger partial charge in [0.05, 0.1) is 18.6 Å². The summed E-state index contributed by atoms with van der Waals surface area (Å²) in [4.78, 5) is 14.1. The molecule has 2 heterocycles. The summed E-state index contributed by atoms with van der Waals surface area (Å²) < 4.78 is 5.44. The molecule has 0 aliphatic carbocycles. The van der Waals surface area contributed by atoms with Crippen LogP contribution in [0.2, 0.25) is 0 Å². The molecule has 2 aliphatic rings. The number of carbonyl (C=O) groups is 1. The van der Waals surface area contributed by atoms with Crippen LogP contribution in [-0.2, 0) is 9.53 Å². The van der Waals surface area contributed by atoms with Crippen LogP contribution in [-0.4, -0.2) is 49.7 Å². The Kier molecular flexibility index (Phi) is 3.59. The van der Waals surface area contributed by atoms with E-state index in [1.165, 1.54) is 0 Å². The molecular weight excluding hydrogens is 192 g/mol. The van der Waals surface area contributed by atoms with Gasteiger partial charge in [-0.05, 0) is 26.3 Å². The summed E-state index contributed by atoms with van der Waals surface area (Å²) in [6.45, 7) is 6.15. The van der Waals surface area contributed by atoms with Gasteiger partial charge in [0.25, 0.3) is 0 Å². The Morgan fingerprint density at radius 2 is 2.40 bits per heavy atom. The molecule has 86 valence electrons. The SMILES string of the molecule is CC1CN(C(=O)[C@H]2CCCNC2)CCO1. The zero-order chi connectivity index (χ0) is 10.7. The number of hydrogen-bond donors (Lipinski definition) is 1. The van der Waals surface area contributed by atoms with Gasteiger partial charge in [0.2, 0.25) is 5.91 Å². The third-order valence-corrected chi connectivity index (χ3v) is 3.20. The molecule has 15 heavy (non-hydrogen) atoms. The predicted octanol–water partition coefficient (Wildman–Crippen LogP) is 0.233. The summed E-state index contributed by atoms with van der Waals surface area (Å²) in [7, 11) is 0. The van der Waals surface area contributed by atoms with Gasteiger partial charge < -0.3 is 15.0 Å². The number of hydrogen-bond acceptors (Lipinski definition) is 3. The van der Waals surface area contributed by atoms with Gasteiger partial charge in [-0.3, -0.25) is 4.79 Å². The number of nitrogens with zero attached hydrogens (tertiary/aromatic N) is 1.